The van der Waals surface area contributed by atoms with Gasteiger partial charge in [0.25, 0.3) is 0 Å². The summed E-state index contributed by atoms with van der Waals surface area (Å²) < 4.78 is 106. The van der Waals surface area contributed by atoms with E-state index < -0.39 is 52.5 Å². The molecule has 212 valence electrons. The van der Waals surface area contributed by atoms with Crippen molar-refractivity contribution in [2.75, 3.05) is 6.61 Å². The highest BCUT2D eigenvalue weighted by Gasteiger charge is 2.72. The van der Waals surface area contributed by atoms with Crippen LogP contribution in [0.4, 0.5) is 31.1 Å². The van der Waals surface area contributed by atoms with Gasteiger partial charge in [-0.25, -0.2) is 4.79 Å². The normalized spacial score (nSPS) is 14.1. The lowest BCUT2D eigenvalue weighted by Crippen LogP contribution is -2.54. The number of halogens is 6. The topological polar surface area (TPSA) is 74.2 Å². The summed E-state index contributed by atoms with van der Waals surface area (Å²) in [4.78, 5) is 11.8. The number of hydrogen-bond donors (Lipinski definition) is 1. The summed E-state index contributed by atoms with van der Waals surface area (Å²) in [5, 5.41) is 9.93. The molecule has 0 heterocycles. The summed E-state index contributed by atoms with van der Waals surface area (Å²) in [6.07, 6.45) is -14.3. The molecule has 0 amide bonds. The first kappa shape index (κ1) is 31.2. The lowest BCUT2D eigenvalue weighted by atomic mass is 9.73. The Hall–Kier alpha value is -2.99. The summed E-state index contributed by atoms with van der Waals surface area (Å²) in [6.45, 7) is 9.53. The van der Waals surface area contributed by atoms with Gasteiger partial charge in [-0.3, -0.25) is 0 Å². The number of aliphatic hydroxyl groups excluding tert-OH is 1. The van der Waals surface area contributed by atoms with Gasteiger partial charge < -0.3 is 24.1 Å². The molecule has 0 aliphatic rings. The first-order valence-electron chi connectivity index (χ1n) is 11.4. The first-order valence-corrected chi connectivity index (χ1v) is 11.4. The Kier molecular flexibility index (Phi) is 9.05. The monoisotopic (exact) mass is 552 g/mol. The molecule has 2 aromatic rings. The van der Waals surface area contributed by atoms with Gasteiger partial charge in [0.15, 0.2) is 0 Å². The fourth-order valence-corrected chi connectivity index (χ4v) is 3.42. The molecule has 1 N–H and O–H groups in total. The Morgan fingerprint density at radius 3 is 1.53 bits per heavy atom. The Bertz CT molecular complexity index is 1050. The Balaban J connectivity index is 2.43. The minimum atomic E-state index is -5.82. The highest BCUT2D eigenvalue weighted by atomic mass is 19.4. The molecule has 2 rings (SSSR count). The maximum Gasteiger partial charge on any atom is 0.514 e. The minimum Gasteiger partial charge on any atom is -0.463 e. The lowest BCUT2D eigenvalue weighted by molar-refractivity contribution is -0.288. The zero-order valence-corrected chi connectivity index (χ0v) is 21.7. The highest BCUT2D eigenvalue weighted by molar-refractivity contribution is 5.64. The predicted molar refractivity (Wildman–Crippen MR) is 125 cm³/mol. The van der Waals surface area contributed by atoms with Crippen molar-refractivity contribution in [2.24, 2.45) is 0 Å². The van der Waals surface area contributed by atoms with Gasteiger partial charge in [0.2, 0.25) is 11.7 Å². The molecule has 1 unspecified atom stereocenters. The van der Waals surface area contributed by atoms with Crippen LogP contribution in [0.5, 0.6) is 11.5 Å². The van der Waals surface area contributed by atoms with Crippen molar-refractivity contribution in [3.05, 3.63) is 59.7 Å². The van der Waals surface area contributed by atoms with E-state index in [4.69, 9.17) is 18.9 Å². The molecule has 12 heteroatoms. The molecule has 0 radical (unpaired) electrons. The number of carbonyl (C=O) groups excluding carboxylic acids is 1. The van der Waals surface area contributed by atoms with Crippen LogP contribution in [0.25, 0.3) is 0 Å². The van der Waals surface area contributed by atoms with Crippen molar-refractivity contribution < 1.29 is 55.2 Å². The minimum absolute atomic E-state index is 0.168. The van der Waals surface area contributed by atoms with Crippen LogP contribution in [0, 0.1) is 0 Å². The average molecular weight is 553 g/mol. The number of rotatable bonds is 7. The molecule has 0 saturated heterocycles. The molecule has 0 bridgehead atoms. The van der Waals surface area contributed by atoms with Gasteiger partial charge in [-0.2, -0.15) is 26.3 Å². The Morgan fingerprint density at radius 1 is 0.737 bits per heavy atom. The van der Waals surface area contributed by atoms with E-state index in [1.54, 1.807) is 41.5 Å². The summed E-state index contributed by atoms with van der Waals surface area (Å²) >= 11 is 0. The molecule has 6 nitrogen and oxygen atoms in total. The average Bonchev–Trinajstić information content (AvgIpc) is 2.71. The van der Waals surface area contributed by atoms with Crippen molar-refractivity contribution in [1.29, 1.82) is 0 Å². The van der Waals surface area contributed by atoms with Crippen molar-refractivity contribution in [1.82, 2.24) is 0 Å². The third-order valence-electron chi connectivity index (χ3n) is 4.95. The van der Waals surface area contributed by atoms with Crippen molar-refractivity contribution in [2.45, 2.75) is 76.8 Å². The zero-order chi connectivity index (χ0) is 29.2. The van der Waals surface area contributed by atoms with Gasteiger partial charge in [-0.15, -0.1) is 0 Å². The van der Waals surface area contributed by atoms with Crippen molar-refractivity contribution in [3.8, 4) is 11.5 Å². The van der Waals surface area contributed by atoms with E-state index in [9.17, 15) is 36.2 Å². The maximum atomic E-state index is 14.3. The predicted octanol–water partition coefficient (Wildman–Crippen LogP) is 6.92. The smallest absolute Gasteiger partial charge is 0.463 e. The fourth-order valence-electron chi connectivity index (χ4n) is 3.42. The summed E-state index contributed by atoms with van der Waals surface area (Å²) in [5.41, 5.74) is -8.24. The van der Waals surface area contributed by atoms with Crippen molar-refractivity contribution >= 4 is 6.16 Å². The number of aliphatic hydroxyl groups is 1. The zero-order valence-electron chi connectivity index (χ0n) is 21.7. The Morgan fingerprint density at radius 2 is 1.16 bits per heavy atom. The lowest BCUT2D eigenvalue weighted by Gasteiger charge is -2.38. The molecule has 0 saturated carbocycles. The van der Waals surface area contributed by atoms with Crippen LogP contribution in [0.3, 0.4) is 0 Å². The quantitative estimate of drug-likeness (QED) is 0.174. The van der Waals surface area contributed by atoms with Gasteiger partial charge in [0.05, 0.1) is 5.60 Å². The second kappa shape index (κ2) is 11.0. The molecule has 1 atom stereocenters. The summed E-state index contributed by atoms with van der Waals surface area (Å²) in [5.74, 6) is -0.477. The van der Waals surface area contributed by atoms with E-state index in [1.807, 2.05) is 0 Å². The van der Waals surface area contributed by atoms with E-state index in [1.165, 1.54) is 0 Å². The SMILES string of the molecule is CC(C)(C)OCC(O)Oc1ccc(C(c2ccc(OC(=O)OC(C)(C)C)cc2)(C(F)(F)F)C(F)(F)F)cc1. The molecule has 0 aliphatic heterocycles. The molecular weight excluding hydrogens is 522 g/mol. The van der Waals surface area contributed by atoms with E-state index in [0.717, 1.165) is 24.3 Å². The van der Waals surface area contributed by atoms with E-state index in [2.05, 4.69) is 0 Å². The van der Waals surface area contributed by atoms with Gasteiger partial charge in [-0.05, 0) is 76.9 Å². The second-order valence-electron chi connectivity index (χ2n) is 10.4. The van der Waals surface area contributed by atoms with E-state index in [-0.39, 0.29) is 18.1 Å². The van der Waals surface area contributed by atoms with Gasteiger partial charge in [0, 0.05) is 0 Å². The van der Waals surface area contributed by atoms with Crippen LogP contribution in [0.1, 0.15) is 52.7 Å². The van der Waals surface area contributed by atoms with Crippen LogP contribution in [0.15, 0.2) is 48.5 Å². The van der Waals surface area contributed by atoms with Crippen LogP contribution in [-0.2, 0) is 14.9 Å². The molecule has 0 spiro atoms. The van der Waals surface area contributed by atoms with Gasteiger partial charge in [-0.1, -0.05) is 24.3 Å². The Labute approximate surface area is 216 Å². The molecule has 38 heavy (non-hydrogen) atoms. The molecule has 0 aliphatic carbocycles. The largest absolute Gasteiger partial charge is 0.514 e. The van der Waals surface area contributed by atoms with Gasteiger partial charge in [0.1, 0.15) is 23.7 Å². The molecule has 0 aromatic heterocycles. The van der Waals surface area contributed by atoms with Crippen molar-refractivity contribution in [3.63, 3.8) is 0 Å². The highest BCUT2D eigenvalue weighted by Crippen LogP contribution is 2.56. The third kappa shape index (κ3) is 7.76. The number of hydrogen-bond acceptors (Lipinski definition) is 6. The standard InChI is InChI=1S/C26H30F6O6/c1-22(2,3)35-15-20(33)36-18-11-7-16(8-12-18)24(25(27,28)29,26(30,31)32)17-9-13-19(14-10-17)37-21(34)38-23(4,5)6/h7-14,20,33H,15H2,1-6H3. The molecule has 2 aromatic carbocycles. The van der Waals surface area contributed by atoms with Crippen LogP contribution in [0.2, 0.25) is 0 Å². The van der Waals surface area contributed by atoms with Crippen LogP contribution < -0.4 is 9.47 Å². The van der Waals surface area contributed by atoms with E-state index in [0.29, 0.717) is 24.3 Å². The maximum absolute atomic E-state index is 14.3. The molecular formula is C26H30F6O6. The number of carbonyl (C=O) groups is 1. The van der Waals surface area contributed by atoms with Crippen LogP contribution in [-0.4, -0.2) is 47.7 Å². The third-order valence-corrected chi connectivity index (χ3v) is 4.95. The first-order chi connectivity index (χ1) is 17.2. The summed E-state index contributed by atoms with van der Waals surface area (Å²) in [6, 6.07) is 5.82. The number of ether oxygens (including phenoxy) is 4. The van der Waals surface area contributed by atoms with Gasteiger partial charge >= 0.3 is 18.5 Å². The number of alkyl halides is 6. The van der Waals surface area contributed by atoms with Crippen LogP contribution >= 0.6 is 0 Å². The number of benzene rings is 2. The second-order valence-corrected chi connectivity index (χ2v) is 10.4. The van der Waals surface area contributed by atoms with E-state index >= 15 is 0 Å². The molecule has 0 fully saturated rings. The summed E-state index contributed by atoms with van der Waals surface area (Å²) in [7, 11) is 0. The fraction of sp³-hybridized carbons (Fsp3) is 0.500.